The molecule has 1 aliphatic rings. The van der Waals surface area contributed by atoms with Crippen molar-refractivity contribution in [3.05, 3.63) is 42.4 Å². The Morgan fingerprint density at radius 2 is 2.30 bits per heavy atom. The molecule has 1 aromatic carbocycles. The highest BCUT2D eigenvalue weighted by Gasteiger charge is 2.36. The highest BCUT2D eigenvalue weighted by Crippen LogP contribution is 2.34. The van der Waals surface area contributed by atoms with Crippen molar-refractivity contribution in [2.75, 3.05) is 0 Å². The maximum Gasteiger partial charge on any atom is 0.167 e. The van der Waals surface area contributed by atoms with Gasteiger partial charge in [0, 0.05) is 11.8 Å². The zero-order valence-electron chi connectivity index (χ0n) is 12.9. The summed E-state index contributed by atoms with van der Waals surface area (Å²) in [4.78, 5) is 5.29. The fourth-order valence-corrected chi connectivity index (χ4v) is 4.10. The number of benzene rings is 1. The second kappa shape index (κ2) is 5.88. The van der Waals surface area contributed by atoms with Gasteiger partial charge < -0.3 is 9.36 Å². The van der Waals surface area contributed by atoms with Crippen LogP contribution >= 0.6 is 0 Å². The molecule has 122 valence electrons. The Kier molecular flexibility index (Phi) is 4.06. The van der Waals surface area contributed by atoms with Crippen LogP contribution in [-0.4, -0.2) is 20.0 Å². The van der Waals surface area contributed by atoms with Crippen LogP contribution in [0.2, 0.25) is 0 Å². The first-order chi connectivity index (χ1) is 10.9. The molecular weight excluding hydrogens is 319 g/mol. The van der Waals surface area contributed by atoms with Gasteiger partial charge >= 0.3 is 0 Å². The Balaban J connectivity index is 1.99. The van der Waals surface area contributed by atoms with E-state index in [0.29, 0.717) is 34.5 Å². The Morgan fingerprint density at radius 3 is 2.96 bits per heavy atom. The highest BCUT2D eigenvalue weighted by atomic mass is 32.2. The van der Waals surface area contributed by atoms with Crippen molar-refractivity contribution in [1.29, 1.82) is 0 Å². The van der Waals surface area contributed by atoms with Crippen LogP contribution in [0.5, 0.6) is 0 Å². The Morgan fingerprint density at radius 1 is 1.52 bits per heavy atom. The second-order valence-corrected chi connectivity index (χ2v) is 7.67. The number of rotatable bonds is 4. The molecule has 23 heavy (non-hydrogen) atoms. The SMILES string of the molecule is C=CCC(c1noc2ccc(F)cc12)S(=O)C1=NOC(C)(C)C1. The van der Waals surface area contributed by atoms with Gasteiger partial charge in [0.2, 0.25) is 0 Å². The van der Waals surface area contributed by atoms with Gasteiger partial charge in [-0.15, -0.1) is 6.58 Å². The molecule has 0 fully saturated rings. The minimum absolute atomic E-state index is 0.396. The number of allylic oxidation sites excluding steroid dienone is 1. The van der Waals surface area contributed by atoms with E-state index in [1.807, 2.05) is 13.8 Å². The molecule has 2 heterocycles. The maximum atomic E-state index is 13.5. The van der Waals surface area contributed by atoms with Crippen LogP contribution < -0.4 is 0 Å². The smallest absolute Gasteiger partial charge is 0.167 e. The third-order valence-corrected chi connectivity index (χ3v) is 5.22. The fourth-order valence-electron chi connectivity index (χ4n) is 2.49. The molecule has 0 aliphatic carbocycles. The monoisotopic (exact) mass is 336 g/mol. The first-order valence-electron chi connectivity index (χ1n) is 7.22. The minimum atomic E-state index is -1.46. The molecule has 0 saturated carbocycles. The quantitative estimate of drug-likeness (QED) is 0.796. The van der Waals surface area contributed by atoms with E-state index in [1.54, 1.807) is 6.08 Å². The molecule has 3 rings (SSSR count). The van der Waals surface area contributed by atoms with E-state index >= 15 is 0 Å². The van der Waals surface area contributed by atoms with Gasteiger partial charge in [-0.05, 0) is 38.5 Å². The predicted octanol–water partition coefficient (Wildman–Crippen LogP) is 3.85. The van der Waals surface area contributed by atoms with Gasteiger partial charge in [0.05, 0.1) is 16.0 Å². The standard InChI is InChI=1S/C16H17FN2O3S/c1-4-5-13(23(20)14-9-16(2,3)22-18-14)15-11-8-10(17)6-7-12(11)21-19-15/h4,6-8,13H,1,5,9H2,2-3H3. The van der Waals surface area contributed by atoms with E-state index in [2.05, 4.69) is 16.9 Å². The van der Waals surface area contributed by atoms with Crippen LogP contribution in [0.25, 0.3) is 11.0 Å². The third-order valence-electron chi connectivity index (χ3n) is 3.61. The summed E-state index contributed by atoms with van der Waals surface area (Å²) < 4.78 is 31.7. The molecule has 0 spiro atoms. The number of fused-ring (bicyclic) bond motifs is 1. The van der Waals surface area contributed by atoms with Crippen LogP contribution in [0.1, 0.15) is 37.6 Å². The predicted molar refractivity (Wildman–Crippen MR) is 86.9 cm³/mol. The average molecular weight is 336 g/mol. The van der Waals surface area contributed by atoms with Gasteiger partial charge in [-0.1, -0.05) is 16.4 Å². The van der Waals surface area contributed by atoms with Crippen molar-refractivity contribution in [3.63, 3.8) is 0 Å². The maximum absolute atomic E-state index is 13.5. The van der Waals surface area contributed by atoms with Gasteiger partial charge in [-0.25, -0.2) is 4.39 Å². The lowest BCUT2D eigenvalue weighted by molar-refractivity contribution is 0.0123. The van der Waals surface area contributed by atoms with E-state index in [1.165, 1.54) is 18.2 Å². The van der Waals surface area contributed by atoms with E-state index in [4.69, 9.17) is 9.36 Å². The topological polar surface area (TPSA) is 64.7 Å². The normalized spacial score (nSPS) is 19.2. The van der Waals surface area contributed by atoms with Crippen molar-refractivity contribution in [3.8, 4) is 0 Å². The molecule has 1 aliphatic heterocycles. The van der Waals surface area contributed by atoms with Crippen LogP contribution in [0, 0.1) is 5.82 Å². The lowest BCUT2D eigenvalue weighted by atomic mass is 10.1. The number of hydrogen-bond acceptors (Lipinski definition) is 5. The van der Waals surface area contributed by atoms with Crippen LogP contribution in [0.15, 0.2) is 40.5 Å². The van der Waals surface area contributed by atoms with Crippen LogP contribution in [0.3, 0.4) is 0 Å². The van der Waals surface area contributed by atoms with Gasteiger partial charge in [-0.3, -0.25) is 4.21 Å². The molecule has 0 saturated heterocycles. The summed E-state index contributed by atoms with van der Waals surface area (Å²) >= 11 is 0. The molecule has 0 radical (unpaired) electrons. The van der Waals surface area contributed by atoms with Crippen molar-refractivity contribution in [2.45, 2.75) is 37.5 Å². The van der Waals surface area contributed by atoms with Crippen molar-refractivity contribution in [2.24, 2.45) is 5.16 Å². The summed E-state index contributed by atoms with van der Waals surface area (Å²) in [5, 5.41) is 8.43. The number of oxime groups is 1. The zero-order valence-corrected chi connectivity index (χ0v) is 13.7. The molecule has 0 bridgehead atoms. The van der Waals surface area contributed by atoms with E-state index in [-0.39, 0.29) is 0 Å². The summed E-state index contributed by atoms with van der Waals surface area (Å²) in [5.41, 5.74) is 0.435. The largest absolute Gasteiger partial charge is 0.389 e. The lowest BCUT2D eigenvalue weighted by Crippen LogP contribution is -2.22. The molecular formula is C16H17FN2O3S. The number of aromatic nitrogens is 1. The first kappa shape index (κ1) is 15.9. The average Bonchev–Trinajstić information content (AvgIpc) is 3.07. The summed E-state index contributed by atoms with van der Waals surface area (Å²) in [5.74, 6) is -0.396. The van der Waals surface area contributed by atoms with Crippen LogP contribution in [0.4, 0.5) is 4.39 Å². The number of halogens is 1. The van der Waals surface area contributed by atoms with Gasteiger partial charge in [0.25, 0.3) is 0 Å². The molecule has 5 nitrogen and oxygen atoms in total. The third kappa shape index (κ3) is 3.06. The zero-order chi connectivity index (χ0) is 16.6. The van der Waals surface area contributed by atoms with Gasteiger partial charge in [0.15, 0.2) is 5.58 Å². The molecule has 7 heteroatoms. The molecule has 2 aromatic rings. The molecule has 0 amide bonds. The van der Waals surface area contributed by atoms with Crippen molar-refractivity contribution < 1.29 is 18.0 Å². The van der Waals surface area contributed by atoms with Gasteiger partial charge in [0.1, 0.15) is 22.2 Å². The second-order valence-electron chi connectivity index (χ2n) is 6.03. The number of nitrogens with zero attached hydrogens (tertiary/aromatic N) is 2. The van der Waals surface area contributed by atoms with Crippen molar-refractivity contribution in [1.82, 2.24) is 5.16 Å². The summed E-state index contributed by atoms with van der Waals surface area (Å²) in [7, 11) is -1.46. The summed E-state index contributed by atoms with van der Waals surface area (Å²) in [6.07, 6.45) is 2.53. The summed E-state index contributed by atoms with van der Waals surface area (Å²) in [6, 6.07) is 4.15. The minimum Gasteiger partial charge on any atom is -0.389 e. The Bertz CT molecular complexity index is 813. The van der Waals surface area contributed by atoms with Crippen LogP contribution in [-0.2, 0) is 15.6 Å². The summed E-state index contributed by atoms with van der Waals surface area (Å²) in [6.45, 7) is 7.47. The van der Waals surface area contributed by atoms with Crippen molar-refractivity contribution >= 4 is 26.8 Å². The Labute approximate surface area is 135 Å². The van der Waals surface area contributed by atoms with Gasteiger partial charge in [-0.2, -0.15) is 0 Å². The first-order valence-corrected chi connectivity index (χ1v) is 8.44. The molecule has 2 atom stereocenters. The molecule has 1 aromatic heterocycles. The molecule has 2 unspecified atom stereocenters. The lowest BCUT2D eigenvalue weighted by Gasteiger charge is -2.14. The van der Waals surface area contributed by atoms with E-state index in [9.17, 15) is 8.60 Å². The molecule has 0 N–H and O–H groups in total. The fraction of sp³-hybridized carbons (Fsp3) is 0.375. The number of hydrogen-bond donors (Lipinski definition) is 0. The van der Waals surface area contributed by atoms with E-state index < -0.39 is 27.5 Å². The Hall–Kier alpha value is -2.02. The van der Waals surface area contributed by atoms with E-state index in [0.717, 1.165) is 0 Å². The highest BCUT2D eigenvalue weighted by molar-refractivity contribution is 8.00.